The average Bonchev–Trinajstić information content (AvgIpc) is 3.58. The number of amides is 2. The van der Waals surface area contributed by atoms with Gasteiger partial charge in [-0.05, 0) is 37.8 Å². The summed E-state index contributed by atoms with van der Waals surface area (Å²) in [6, 6.07) is 8.80. The molecule has 2 aromatic rings. The Hall–Kier alpha value is -2.42. The van der Waals surface area contributed by atoms with Gasteiger partial charge in [-0.25, -0.2) is 0 Å². The van der Waals surface area contributed by atoms with Crippen LogP contribution in [0.5, 0.6) is 0 Å². The molecule has 2 fully saturated rings. The molecule has 2 saturated heterocycles. The fraction of sp³-hybridized carbons (Fsp3) is 0.522. The maximum absolute atomic E-state index is 13.2. The van der Waals surface area contributed by atoms with E-state index in [2.05, 4.69) is 10.5 Å². The van der Waals surface area contributed by atoms with Crippen molar-refractivity contribution in [2.24, 2.45) is 0 Å². The van der Waals surface area contributed by atoms with Crippen LogP contribution >= 0.6 is 11.6 Å². The summed E-state index contributed by atoms with van der Waals surface area (Å²) in [6.07, 6.45) is 4.08. The Balaban J connectivity index is 1.39. The fourth-order valence-corrected chi connectivity index (χ4v) is 4.22. The van der Waals surface area contributed by atoms with Gasteiger partial charge in [0.05, 0.1) is 17.2 Å². The van der Waals surface area contributed by atoms with Crippen molar-refractivity contribution < 1.29 is 23.6 Å². The molecular formula is C23H28ClN3O5. The molecule has 8 nitrogen and oxygen atoms in total. The second-order valence-electron chi connectivity index (χ2n) is 8.13. The summed E-state index contributed by atoms with van der Waals surface area (Å²) >= 11 is 6.23. The highest BCUT2D eigenvalue weighted by atomic mass is 35.5. The largest absolute Gasteiger partial charge is 0.376 e. The fourth-order valence-electron chi connectivity index (χ4n) is 3.99. The minimum absolute atomic E-state index is 0.0381. The quantitative estimate of drug-likeness (QED) is 0.615. The van der Waals surface area contributed by atoms with E-state index in [1.807, 2.05) is 12.1 Å². The topological polar surface area (TPSA) is 93.9 Å². The Labute approximate surface area is 192 Å². The first-order valence-corrected chi connectivity index (χ1v) is 11.5. The third-order valence-electron chi connectivity index (χ3n) is 5.76. The van der Waals surface area contributed by atoms with E-state index in [-0.39, 0.29) is 42.7 Å². The van der Waals surface area contributed by atoms with Crippen LogP contribution in [0.1, 0.15) is 42.6 Å². The smallest absolute Gasteiger partial charge is 0.276 e. The number of carbonyl (C=O) groups is 2. The normalized spacial score (nSPS) is 20.4. The summed E-state index contributed by atoms with van der Waals surface area (Å²) < 4.78 is 16.6. The number of ether oxygens (including phenoxy) is 2. The number of carbonyl (C=O) groups excluding carboxylic acids is 2. The Kier molecular flexibility index (Phi) is 7.78. The van der Waals surface area contributed by atoms with Crippen molar-refractivity contribution in [3.8, 4) is 11.3 Å². The lowest BCUT2D eigenvalue weighted by molar-refractivity contribution is -0.121. The highest BCUT2D eigenvalue weighted by Crippen LogP contribution is 2.28. The van der Waals surface area contributed by atoms with Crippen LogP contribution in [0.25, 0.3) is 11.3 Å². The third kappa shape index (κ3) is 5.88. The van der Waals surface area contributed by atoms with Crippen LogP contribution in [0.2, 0.25) is 5.02 Å². The van der Waals surface area contributed by atoms with Crippen LogP contribution in [0.3, 0.4) is 0 Å². The summed E-state index contributed by atoms with van der Waals surface area (Å²) in [6.45, 7) is 2.62. The number of halogens is 1. The van der Waals surface area contributed by atoms with Crippen LogP contribution in [-0.4, -0.2) is 66.9 Å². The lowest BCUT2D eigenvalue weighted by Crippen LogP contribution is -2.40. The van der Waals surface area contributed by atoms with E-state index in [0.717, 1.165) is 32.3 Å². The predicted molar refractivity (Wildman–Crippen MR) is 118 cm³/mol. The standard InChI is InChI=1S/C23H28ClN3O5/c24-19-8-2-1-7-18(19)21-13-20(26-32-21)23(29)27(15-17-6-4-12-31-17)10-9-22(28)25-14-16-5-3-11-30-16/h1-2,7-8,13,16-17H,3-6,9-12,14-15H2,(H,25,28)/t16-,17-/m1/s1. The van der Waals surface area contributed by atoms with E-state index in [1.54, 1.807) is 23.1 Å². The van der Waals surface area contributed by atoms with Gasteiger partial charge in [-0.3, -0.25) is 9.59 Å². The minimum atomic E-state index is -0.297. The van der Waals surface area contributed by atoms with Gasteiger partial charge in [0, 0.05) is 50.9 Å². The third-order valence-corrected chi connectivity index (χ3v) is 6.09. The molecule has 1 aromatic heterocycles. The SMILES string of the molecule is O=C(CCN(C[C@H]1CCCO1)C(=O)c1cc(-c2ccccc2Cl)on1)NC[C@H]1CCCO1. The molecule has 0 aliphatic carbocycles. The highest BCUT2D eigenvalue weighted by molar-refractivity contribution is 6.33. The molecule has 1 aromatic carbocycles. The molecule has 172 valence electrons. The second kappa shape index (κ2) is 10.9. The molecule has 0 radical (unpaired) electrons. The Morgan fingerprint density at radius 3 is 2.59 bits per heavy atom. The summed E-state index contributed by atoms with van der Waals surface area (Å²) in [7, 11) is 0. The van der Waals surface area contributed by atoms with Gasteiger partial charge >= 0.3 is 0 Å². The molecule has 0 bridgehead atoms. The summed E-state index contributed by atoms with van der Waals surface area (Å²) in [4.78, 5) is 27.2. The summed E-state index contributed by atoms with van der Waals surface area (Å²) in [5.74, 6) is 0.0161. The maximum atomic E-state index is 13.2. The molecule has 4 rings (SSSR count). The van der Waals surface area contributed by atoms with E-state index in [9.17, 15) is 9.59 Å². The zero-order chi connectivity index (χ0) is 22.3. The van der Waals surface area contributed by atoms with Gasteiger partial charge in [0.25, 0.3) is 5.91 Å². The summed E-state index contributed by atoms with van der Waals surface area (Å²) in [5, 5.41) is 7.38. The van der Waals surface area contributed by atoms with Crippen molar-refractivity contribution >= 4 is 23.4 Å². The second-order valence-corrected chi connectivity index (χ2v) is 8.54. The van der Waals surface area contributed by atoms with Crippen molar-refractivity contribution in [3.05, 3.63) is 41.0 Å². The molecule has 2 amide bonds. The van der Waals surface area contributed by atoms with Gasteiger partial charge in [-0.2, -0.15) is 0 Å². The van der Waals surface area contributed by atoms with Gasteiger partial charge < -0.3 is 24.2 Å². The molecule has 2 atom stereocenters. The summed E-state index contributed by atoms with van der Waals surface area (Å²) in [5.41, 5.74) is 0.845. The molecule has 3 heterocycles. The molecule has 1 N–H and O–H groups in total. The zero-order valence-corrected chi connectivity index (χ0v) is 18.7. The number of rotatable bonds is 9. The van der Waals surface area contributed by atoms with E-state index in [4.69, 9.17) is 25.6 Å². The zero-order valence-electron chi connectivity index (χ0n) is 17.9. The number of nitrogens with zero attached hydrogens (tertiary/aromatic N) is 2. The van der Waals surface area contributed by atoms with Gasteiger partial charge in [0.2, 0.25) is 5.91 Å². The number of hydrogen-bond donors (Lipinski definition) is 1. The van der Waals surface area contributed by atoms with Crippen LogP contribution in [0.15, 0.2) is 34.9 Å². The lowest BCUT2D eigenvalue weighted by Gasteiger charge is -2.24. The van der Waals surface area contributed by atoms with E-state index < -0.39 is 0 Å². The minimum Gasteiger partial charge on any atom is -0.376 e. The van der Waals surface area contributed by atoms with Crippen LogP contribution < -0.4 is 5.32 Å². The molecule has 2 aliphatic rings. The average molecular weight is 462 g/mol. The van der Waals surface area contributed by atoms with Crippen LogP contribution in [-0.2, 0) is 14.3 Å². The Morgan fingerprint density at radius 1 is 1.12 bits per heavy atom. The monoisotopic (exact) mass is 461 g/mol. The predicted octanol–water partition coefficient (Wildman–Crippen LogP) is 3.30. The van der Waals surface area contributed by atoms with E-state index >= 15 is 0 Å². The first-order chi connectivity index (χ1) is 15.6. The molecule has 9 heteroatoms. The number of benzene rings is 1. The van der Waals surface area contributed by atoms with Crippen molar-refractivity contribution in [1.82, 2.24) is 15.4 Å². The number of nitrogens with one attached hydrogen (secondary N) is 1. The Bertz CT molecular complexity index is 922. The molecule has 0 unspecified atom stereocenters. The first-order valence-electron chi connectivity index (χ1n) is 11.1. The van der Waals surface area contributed by atoms with Crippen molar-refractivity contribution in [3.63, 3.8) is 0 Å². The van der Waals surface area contributed by atoms with Crippen molar-refractivity contribution in [2.45, 2.75) is 44.3 Å². The highest BCUT2D eigenvalue weighted by Gasteiger charge is 2.26. The van der Waals surface area contributed by atoms with Crippen LogP contribution in [0, 0.1) is 0 Å². The molecule has 32 heavy (non-hydrogen) atoms. The molecule has 2 aliphatic heterocycles. The van der Waals surface area contributed by atoms with Gasteiger partial charge in [-0.15, -0.1) is 0 Å². The molecule has 0 spiro atoms. The van der Waals surface area contributed by atoms with E-state index in [0.29, 0.717) is 36.0 Å². The Morgan fingerprint density at radius 2 is 1.88 bits per heavy atom. The van der Waals surface area contributed by atoms with Gasteiger partial charge in [0.1, 0.15) is 0 Å². The lowest BCUT2D eigenvalue weighted by atomic mass is 10.1. The maximum Gasteiger partial charge on any atom is 0.276 e. The first kappa shape index (κ1) is 22.8. The van der Waals surface area contributed by atoms with Gasteiger partial charge in [0.15, 0.2) is 11.5 Å². The van der Waals surface area contributed by atoms with Crippen molar-refractivity contribution in [1.29, 1.82) is 0 Å². The molecular weight excluding hydrogens is 434 g/mol. The van der Waals surface area contributed by atoms with Gasteiger partial charge in [-0.1, -0.05) is 28.9 Å². The molecule has 0 saturated carbocycles. The van der Waals surface area contributed by atoms with Crippen molar-refractivity contribution in [2.75, 3.05) is 32.8 Å². The van der Waals surface area contributed by atoms with E-state index in [1.165, 1.54) is 0 Å². The van der Waals surface area contributed by atoms with Crippen LogP contribution in [0.4, 0.5) is 0 Å². The number of aromatic nitrogens is 1. The number of hydrogen-bond acceptors (Lipinski definition) is 6.